The summed E-state index contributed by atoms with van der Waals surface area (Å²) in [5, 5.41) is 3.02. The molecule has 1 N–H and O–H groups in total. The molecule has 1 rings (SSSR count). The molecule has 0 aliphatic heterocycles. The fraction of sp³-hybridized carbons (Fsp3) is 0.818. The monoisotopic (exact) mass is 197 g/mol. The first kappa shape index (κ1) is 11.2. The molecule has 0 spiro atoms. The topological polar surface area (TPSA) is 46.2 Å². The van der Waals surface area contributed by atoms with E-state index in [4.69, 9.17) is 0 Å². The molecule has 0 radical (unpaired) electrons. The van der Waals surface area contributed by atoms with Crippen molar-refractivity contribution in [2.24, 2.45) is 0 Å². The lowest BCUT2D eigenvalue weighted by Crippen LogP contribution is -2.35. The van der Waals surface area contributed by atoms with E-state index in [0.29, 0.717) is 25.3 Å². The summed E-state index contributed by atoms with van der Waals surface area (Å²) in [7, 11) is 0. The second kappa shape index (κ2) is 6.57. The summed E-state index contributed by atoms with van der Waals surface area (Å²) < 4.78 is 0. The molecule has 1 aliphatic carbocycles. The first-order chi connectivity index (χ1) is 6.83. The van der Waals surface area contributed by atoms with Gasteiger partial charge in [-0.3, -0.25) is 4.79 Å². The van der Waals surface area contributed by atoms with Gasteiger partial charge in [0.15, 0.2) is 0 Å². The van der Waals surface area contributed by atoms with Gasteiger partial charge in [0.1, 0.15) is 6.29 Å². The average Bonchev–Trinajstić information content (AvgIpc) is 2.20. The van der Waals surface area contributed by atoms with Gasteiger partial charge >= 0.3 is 0 Å². The summed E-state index contributed by atoms with van der Waals surface area (Å²) in [5.74, 6) is 0.110. The predicted octanol–water partition coefficient (Wildman–Crippen LogP) is 1.80. The van der Waals surface area contributed by atoms with Crippen LogP contribution >= 0.6 is 0 Å². The highest BCUT2D eigenvalue weighted by atomic mass is 16.1. The van der Waals surface area contributed by atoms with Crippen LogP contribution in [-0.2, 0) is 9.59 Å². The van der Waals surface area contributed by atoms with Crippen molar-refractivity contribution in [2.75, 3.05) is 0 Å². The molecule has 1 amide bonds. The Labute approximate surface area is 85.3 Å². The SMILES string of the molecule is O=CCCCC(=O)NC1CCCCC1. The van der Waals surface area contributed by atoms with Gasteiger partial charge in [-0.05, 0) is 19.3 Å². The first-order valence-electron chi connectivity index (χ1n) is 5.56. The molecule has 0 aromatic heterocycles. The summed E-state index contributed by atoms with van der Waals surface area (Å²) in [6.07, 6.45) is 8.57. The van der Waals surface area contributed by atoms with E-state index in [0.717, 1.165) is 19.1 Å². The molecule has 14 heavy (non-hydrogen) atoms. The highest BCUT2D eigenvalue weighted by Crippen LogP contribution is 2.17. The minimum absolute atomic E-state index is 0.110. The third kappa shape index (κ3) is 4.40. The van der Waals surface area contributed by atoms with Crippen molar-refractivity contribution in [3.63, 3.8) is 0 Å². The maximum atomic E-state index is 11.4. The molecular weight excluding hydrogens is 178 g/mol. The summed E-state index contributed by atoms with van der Waals surface area (Å²) in [6, 6.07) is 0.396. The molecule has 0 atom stereocenters. The van der Waals surface area contributed by atoms with Crippen molar-refractivity contribution in [3.05, 3.63) is 0 Å². The van der Waals surface area contributed by atoms with Crippen LogP contribution in [0.2, 0.25) is 0 Å². The average molecular weight is 197 g/mol. The van der Waals surface area contributed by atoms with Gasteiger partial charge < -0.3 is 10.1 Å². The van der Waals surface area contributed by atoms with E-state index in [1.165, 1.54) is 19.3 Å². The van der Waals surface area contributed by atoms with E-state index in [2.05, 4.69) is 5.32 Å². The fourth-order valence-corrected chi connectivity index (χ4v) is 1.89. The quantitative estimate of drug-likeness (QED) is 0.539. The lowest BCUT2D eigenvalue weighted by molar-refractivity contribution is -0.122. The first-order valence-corrected chi connectivity index (χ1v) is 5.56. The third-order valence-electron chi connectivity index (χ3n) is 2.70. The minimum atomic E-state index is 0.110. The minimum Gasteiger partial charge on any atom is -0.353 e. The van der Waals surface area contributed by atoms with Crippen molar-refractivity contribution < 1.29 is 9.59 Å². The maximum absolute atomic E-state index is 11.4. The van der Waals surface area contributed by atoms with E-state index >= 15 is 0 Å². The zero-order chi connectivity index (χ0) is 10.2. The molecular formula is C11H19NO2. The molecule has 0 heterocycles. The molecule has 3 heteroatoms. The van der Waals surface area contributed by atoms with Gasteiger partial charge in [-0.25, -0.2) is 0 Å². The number of carbonyl (C=O) groups is 2. The summed E-state index contributed by atoms with van der Waals surface area (Å²) in [5.41, 5.74) is 0. The largest absolute Gasteiger partial charge is 0.353 e. The number of aldehydes is 1. The number of unbranched alkanes of at least 4 members (excludes halogenated alkanes) is 1. The second-order valence-corrected chi connectivity index (χ2v) is 3.96. The second-order valence-electron chi connectivity index (χ2n) is 3.96. The van der Waals surface area contributed by atoms with Crippen molar-refractivity contribution in [1.82, 2.24) is 5.32 Å². The standard InChI is InChI=1S/C11H19NO2/c13-9-5-4-8-11(14)12-10-6-2-1-3-7-10/h9-10H,1-8H2,(H,12,14). The van der Waals surface area contributed by atoms with E-state index in [1.54, 1.807) is 0 Å². The Balaban J connectivity index is 2.09. The molecule has 1 fully saturated rings. The molecule has 80 valence electrons. The molecule has 1 saturated carbocycles. The molecule has 0 bridgehead atoms. The Morgan fingerprint density at radius 2 is 2.00 bits per heavy atom. The zero-order valence-electron chi connectivity index (χ0n) is 8.63. The molecule has 1 aliphatic rings. The van der Waals surface area contributed by atoms with Crippen molar-refractivity contribution >= 4 is 12.2 Å². The van der Waals surface area contributed by atoms with Gasteiger partial charge in [-0.2, -0.15) is 0 Å². The lowest BCUT2D eigenvalue weighted by Gasteiger charge is -2.22. The van der Waals surface area contributed by atoms with Crippen LogP contribution in [0.4, 0.5) is 0 Å². The number of hydrogen-bond donors (Lipinski definition) is 1. The summed E-state index contributed by atoms with van der Waals surface area (Å²) in [6.45, 7) is 0. The smallest absolute Gasteiger partial charge is 0.220 e. The Kier molecular flexibility index (Phi) is 5.27. The van der Waals surface area contributed by atoms with Crippen LogP contribution in [0.5, 0.6) is 0 Å². The van der Waals surface area contributed by atoms with Gasteiger partial charge in [0.25, 0.3) is 0 Å². The van der Waals surface area contributed by atoms with Gasteiger partial charge in [0.2, 0.25) is 5.91 Å². The third-order valence-corrected chi connectivity index (χ3v) is 2.70. The van der Waals surface area contributed by atoms with Crippen LogP contribution < -0.4 is 5.32 Å². The number of carbonyl (C=O) groups excluding carboxylic acids is 2. The lowest BCUT2D eigenvalue weighted by atomic mass is 9.95. The van der Waals surface area contributed by atoms with Crippen LogP contribution in [0.3, 0.4) is 0 Å². The van der Waals surface area contributed by atoms with E-state index < -0.39 is 0 Å². The number of nitrogens with one attached hydrogen (secondary N) is 1. The molecule has 0 aromatic rings. The Morgan fingerprint density at radius 3 is 2.64 bits per heavy atom. The summed E-state index contributed by atoms with van der Waals surface area (Å²) in [4.78, 5) is 21.4. The van der Waals surface area contributed by atoms with Gasteiger partial charge in [0.05, 0.1) is 0 Å². The Morgan fingerprint density at radius 1 is 1.29 bits per heavy atom. The van der Waals surface area contributed by atoms with E-state index in [1.807, 2.05) is 0 Å². The van der Waals surface area contributed by atoms with Crippen LogP contribution in [0.25, 0.3) is 0 Å². The Bertz CT molecular complexity index is 186. The highest BCUT2D eigenvalue weighted by Gasteiger charge is 2.14. The number of amides is 1. The van der Waals surface area contributed by atoms with Crippen LogP contribution in [0, 0.1) is 0 Å². The number of hydrogen-bond acceptors (Lipinski definition) is 2. The molecule has 3 nitrogen and oxygen atoms in total. The van der Waals surface area contributed by atoms with Gasteiger partial charge in [0, 0.05) is 18.9 Å². The maximum Gasteiger partial charge on any atom is 0.220 e. The van der Waals surface area contributed by atoms with Crippen molar-refractivity contribution in [2.45, 2.75) is 57.4 Å². The zero-order valence-corrected chi connectivity index (χ0v) is 8.63. The molecule has 0 aromatic carbocycles. The number of rotatable bonds is 5. The van der Waals surface area contributed by atoms with Crippen LogP contribution in [-0.4, -0.2) is 18.2 Å². The van der Waals surface area contributed by atoms with Crippen LogP contribution in [0.15, 0.2) is 0 Å². The normalized spacial score (nSPS) is 17.7. The van der Waals surface area contributed by atoms with E-state index in [-0.39, 0.29) is 5.91 Å². The van der Waals surface area contributed by atoms with E-state index in [9.17, 15) is 9.59 Å². The molecule has 0 unspecified atom stereocenters. The Hall–Kier alpha value is -0.860. The van der Waals surface area contributed by atoms with Crippen molar-refractivity contribution in [3.8, 4) is 0 Å². The van der Waals surface area contributed by atoms with Crippen LogP contribution in [0.1, 0.15) is 51.4 Å². The molecule has 0 saturated heterocycles. The highest BCUT2D eigenvalue weighted by molar-refractivity contribution is 5.76. The van der Waals surface area contributed by atoms with Gasteiger partial charge in [-0.15, -0.1) is 0 Å². The summed E-state index contributed by atoms with van der Waals surface area (Å²) >= 11 is 0. The predicted molar refractivity (Wildman–Crippen MR) is 54.9 cm³/mol. The van der Waals surface area contributed by atoms with Gasteiger partial charge in [-0.1, -0.05) is 19.3 Å². The fourth-order valence-electron chi connectivity index (χ4n) is 1.89. The van der Waals surface area contributed by atoms with Crippen molar-refractivity contribution in [1.29, 1.82) is 0 Å².